The van der Waals surface area contributed by atoms with Gasteiger partial charge in [-0.25, -0.2) is 4.98 Å². The highest BCUT2D eigenvalue weighted by Gasteiger charge is 2.25. The zero-order valence-electron chi connectivity index (χ0n) is 22.5. The maximum absolute atomic E-state index is 5.12. The Bertz CT molecular complexity index is 2500. The van der Waals surface area contributed by atoms with Crippen LogP contribution in [-0.4, -0.2) is 19.1 Å². The quantitative estimate of drug-likeness (QED) is 0.221. The van der Waals surface area contributed by atoms with Gasteiger partial charge < -0.3 is 4.57 Å². The molecule has 1 aliphatic carbocycles. The highest BCUT2D eigenvalue weighted by Crippen LogP contribution is 2.47. The van der Waals surface area contributed by atoms with Crippen LogP contribution in [0.1, 0.15) is 0 Å². The third kappa shape index (κ3) is 2.71. The van der Waals surface area contributed by atoms with E-state index in [0.29, 0.717) is 0 Å². The van der Waals surface area contributed by atoms with E-state index >= 15 is 0 Å². The summed E-state index contributed by atoms with van der Waals surface area (Å²) >= 11 is 0. The van der Waals surface area contributed by atoms with Crippen LogP contribution < -0.4 is 0 Å². The van der Waals surface area contributed by atoms with Crippen LogP contribution in [0.25, 0.3) is 88.3 Å². The van der Waals surface area contributed by atoms with Crippen LogP contribution in [0.3, 0.4) is 0 Å². The molecule has 0 amide bonds. The number of aromatic nitrogens is 4. The Labute approximate surface area is 240 Å². The molecule has 42 heavy (non-hydrogen) atoms. The van der Waals surface area contributed by atoms with Gasteiger partial charge in [0, 0.05) is 61.5 Å². The van der Waals surface area contributed by atoms with Crippen LogP contribution in [0, 0.1) is 0 Å². The molecule has 4 heterocycles. The van der Waals surface area contributed by atoms with Crippen LogP contribution in [0.2, 0.25) is 0 Å². The summed E-state index contributed by atoms with van der Waals surface area (Å²) in [7, 11) is 0. The zero-order chi connectivity index (χ0) is 27.4. The molecule has 0 spiro atoms. The zero-order valence-corrected chi connectivity index (χ0v) is 22.5. The highest BCUT2D eigenvalue weighted by atomic mass is 15.1. The minimum Gasteiger partial charge on any atom is -0.309 e. The monoisotopic (exact) mass is 534 g/mol. The average molecular weight is 535 g/mol. The van der Waals surface area contributed by atoms with Gasteiger partial charge in [0.2, 0.25) is 0 Å². The van der Waals surface area contributed by atoms with Crippen molar-refractivity contribution < 1.29 is 0 Å². The van der Waals surface area contributed by atoms with Crippen molar-refractivity contribution in [2.75, 3.05) is 0 Å². The fourth-order valence-electron chi connectivity index (χ4n) is 7.24. The fraction of sp³-hybridized carbons (Fsp3) is 0. The Morgan fingerprint density at radius 1 is 0.429 bits per heavy atom. The minimum absolute atomic E-state index is 0.944. The van der Waals surface area contributed by atoms with Crippen LogP contribution in [0.5, 0.6) is 0 Å². The van der Waals surface area contributed by atoms with E-state index in [-0.39, 0.29) is 0 Å². The Kier molecular flexibility index (Phi) is 4.15. The van der Waals surface area contributed by atoms with Gasteiger partial charge in [-0.2, -0.15) is 0 Å². The molecule has 4 heteroatoms. The molecule has 0 aliphatic heterocycles. The summed E-state index contributed by atoms with van der Waals surface area (Å²) in [4.78, 5) is 9.84. The molecule has 9 aromatic rings. The van der Waals surface area contributed by atoms with Gasteiger partial charge in [0.15, 0.2) is 0 Å². The Hall–Kier alpha value is -5.74. The highest BCUT2D eigenvalue weighted by molar-refractivity contribution is 6.17. The van der Waals surface area contributed by atoms with Crippen molar-refractivity contribution in [3.05, 3.63) is 134 Å². The lowest BCUT2D eigenvalue weighted by Gasteiger charge is -2.12. The number of rotatable bonds is 2. The lowest BCUT2D eigenvalue weighted by atomic mass is 10.0. The smallest absolute Gasteiger partial charge is 0.145 e. The van der Waals surface area contributed by atoms with Crippen molar-refractivity contribution in [3.8, 4) is 33.9 Å². The molecule has 0 saturated heterocycles. The molecule has 4 nitrogen and oxygen atoms in total. The molecule has 0 saturated carbocycles. The van der Waals surface area contributed by atoms with Crippen LogP contribution in [-0.2, 0) is 0 Å². The van der Waals surface area contributed by atoms with Crippen molar-refractivity contribution in [3.63, 3.8) is 0 Å². The van der Waals surface area contributed by atoms with Crippen LogP contribution in [0.15, 0.2) is 134 Å². The second-order valence-electron chi connectivity index (χ2n) is 11.0. The van der Waals surface area contributed by atoms with Gasteiger partial charge in [0.05, 0.1) is 27.8 Å². The first-order valence-corrected chi connectivity index (χ1v) is 14.3. The van der Waals surface area contributed by atoms with Gasteiger partial charge >= 0.3 is 0 Å². The largest absolute Gasteiger partial charge is 0.309 e. The van der Waals surface area contributed by atoms with E-state index in [2.05, 4.69) is 124 Å². The molecule has 0 N–H and O–H groups in total. The second kappa shape index (κ2) is 7.93. The Balaban J connectivity index is 1.28. The van der Waals surface area contributed by atoms with Crippen molar-refractivity contribution in [2.45, 2.75) is 0 Å². The molecule has 4 aromatic heterocycles. The molecule has 0 unspecified atom stereocenters. The van der Waals surface area contributed by atoms with Gasteiger partial charge in [-0.3, -0.25) is 9.55 Å². The first kappa shape index (κ1) is 22.0. The third-order valence-electron chi connectivity index (χ3n) is 8.95. The summed E-state index contributed by atoms with van der Waals surface area (Å²) in [5, 5.41) is 7.32. The summed E-state index contributed by atoms with van der Waals surface area (Å²) in [6.45, 7) is 0. The first-order chi connectivity index (χ1) is 20.9. The number of hydrogen-bond acceptors (Lipinski definition) is 2. The van der Waals surface area contributed by atoms with E-state index in [1.54, 1.807) is 0 Å². The molecule has 10 rings (SSSR count). The lowest BCUT2D eigenvalue weighted by molar-refractivity contribution is 1.10. The van der Waals surface area contributed by atoms with E-state index < -0.39 is 0 Å². The van der Waals surface area contributed by atoms with E-state index in [1.165, 1.54) is 49.1 Å². The van der Waals surface area contributed by atoms with Gasteiger partial charge in [-0.05, 0) is 48.0 Å². The maximum atomic E-state index is 5.12. The molecule has 0 radical (unpaired) electrons. The molecule has 1 aliphatic rings. The van der Waals surface area contributed by atoms with E-state index in [4.69, 9.17) is 9.97 Å². The fourth-order valence-corrected chi connectivity index (χ4v) is 7.24. The van der Waals surface area contributed by atoms with Crippen LogP contribution >= 0.6 is 0 Å². The Morgan fingerprint density at radius 3 is 1.81 bits per heavy atom. The normalized spacial score (nSPS) is 12.3. The SMILES string of the molecule is c1cnc2c(c1)-c1cccc3c(-n4c5ccccc5c5cc(-n6c7ccccc7c7ccccc76)ccc54)ncc-2c13. The maximum Gasteiger partial charge on any atom is 0.145 e. The van der Waals surface area contributed by atoms with Crippen molar-refractivity contribution >= 4 is 54.4 Å². The molecular weight excluding hydrogens is 512 g/mol. The third-order valence-corrected chi connectivity index (χ3v) is 8.95. The number of pyridine rings is 2. The van der Waals surface area contributed by atoms with Gasteiger partial charge in [-0.15, -0.1) is 0 Å². The number of benzene rings is 5. The van der Waals surface area contributed by atoms with Crippen molar-refractivity contribution in [1.29, 1.82) is 0 Å². The average Bonchev–Trinajstić information content (AvgIpc) is 3.68. The van der Waals surface area contributed by atoms with Gasteiger partial charge in [0.25, 0.3) is 0 Å². The minimum atomic E-state index is 0.944. The topological polar surface area (TPSA) is 35.6 Å². The standard InChI is InChI=1S/C38H22N4/c1-4-15-32-24(9-1)25-10-2-5-16-33(25)41(32)23-18-19-35-30(21-23)26-11-3-6-17-34(26)42(35)38-29-13-7-12-27-28-14-8-20-39-37(28)31(22-40-38)36(27)29/h1-22H. The summed E-state index contributed by atoms with van der Waals surface area (Å²) < 4.78 is 4.72. The first-order valence-electron chi connectivity index (χ1n) is 14.3. The molecule has 0 atom stereocenters. The van der Waals surface area contributed by atoms with E-state index in [0.717, 1.165) is 39.2 Å². The number of hydrogen-bond donors (Lipinski definition) is 0. The summed E-state index contributed by atoms with van der Waals surface area (Å²) in [5.74, 6) is 0.944. The molecule has 0 bridgehead atoms. The number of nitrogens with zero attached hydrogens (tertiary/aromatic N) is 4. The molecular formula is C38H22N4. The van der Waals surface area contributed by atoms with E-state index in [9.17, 15) is 0 Å². The summed E-state index contributed by atoms with van der Waals surface area (Å²) in [6, 6.07) is 43.6. The number of para-hydroxylation sites is 3. The summed E-state index contributed by atoms with van der Waals surface area (Å²) in [5.41, 5.74) is 10.4. The summed E-state index contributed by atoms with van der Waals surface area (Å²) in [6.07, 6.45) is 3.87. The predicted octanol–water partition coefficient (Wildman–Crippen LogP) is 9.47. The van der Waals surface area contributed by atoms with Gasteiger partial charge in [0.1, 0.15) is 5.82 Å². The predicted molar refractivity (Wildman–Crippen MR) is 173 cm³/mol. The number of fused-ring (bicyclic) bond motifs is 9. The van der Waals surface area contributed by atoms with Gasteiger partial charge in [-0.1, -0.05) is 78.9 Å². The Morgan fingerprint density at radius 2 is 1.05 bits per heavy atom. The lowest BCUT2D eigenvalue weighted by Crippen LogP contribution is -1.99. The van der Waals surface area contributed by atoms with Crippen molar-refractivity contribution in [2.24, 2.45) is 0 Å². The molecule has 0 fully saturated rings. The molecule has 5 aromatic carbocycles. The van der Waals surface area contributed by atoms with Crippen molar-refractivity contribution in [1.82, 2.24) is 19.1 Å². The second-order valence-corrected chi connectivity index (χ2v) is 11.0. The molecule has 194 valence electrons. The van der Waals surface area contributed by atoms with Crippen LogP contribution in [0.4, 0.5) is 0 Å². The van der Waals surface area contributed by atoms with E-state index in [1.807, 2.05) is 18.5 Å².